The maximum atomic E-state index is 5.55. The molecule has 0 bridgehead atoms. The summed E-state index contributed by atoms with van der Waals surface area (Å²) in [6.45, 7) is 2.82. The van der Waals surface area contributed by atoms with Crippen LogP contribution in [0.1, 0.15) is 13.3 Å². The number of nitrogens with zero attached hydrogens (tertiary/aromatic N) is 2. The van der Waals surface area contributed by atoms with Crippen LogP contribution in [-0.2, 0) is 0 Å². The zero-order valence-electron chi connectivity index (χ0n) is 11.0. The number of rotatable bonds is 5. The lowest BCUT2D eigenvalue weighted by atomic mass is 10.2. The standard InChI is InChI=1S/C14H16BrN3O/c1-3-8-19-11-6-4-10(5-7-11)13-17-9-12(15)14(16-2)18-13/h4-7,9H,3,8H2,1-2H3,(H,16,17,18). The van der Waals surface area contributed by atoms with Gasteiger partial charge in [0.2, 0.25) is 0 Å². The molecule has 4 nitrogen and oxygen atoms in total. The average molecular weight is 322 g/mol. The van der Waals surface area contributed by atoms with Crippen LogP contribution in [0.2, 0.25) is 0 Å². The summed E-state index contributed by atoms with van der Waals surface area (Å²) in [5.74, 6) is 2.34. The molecule has 0 fully saturated rings. The highest BCUT2D eigenvalue weighted by Gasteiger charge is 2.06. The monoisotopic (exact) mass is 321 g/mol. The molecule has 5 heteroatoms. The second-order valence-corrected chi connectivity index (χ2v) is 4.87. The Labute approximate surface area is 121 Å². The Hall–Kier alpha value is -1.62. The van der Waals surface area contributed by atoms with Crippen LogP contribution < -0.4 is 10.1 Å². The van der Waals surface area contributed by atoms with E-state index < -0.39 is 0 Å². The van der Waals surface area contributed by atoms with Gasteiger partial charge in [0, 0.05) is 18.8 Å². The maximum absolute atomic E-state index is 5.55. The third kappa shape index (κ3) is 3.44. The molecule has 19 heavy (non-hydrogen) atoms. The predicted molar refractivity (Wildman–Crippen MR) is 80.5 cm³/mol. The quantitative estimate of drug-likeness (QED) is 0.911. The fourth-order valence-corrected chi connectivity index (χ4v) is 1.99. The van der Waals surface area contributed by atoms with Gasteiger partial charge in [-0.3, -0.25) is 0 Å². The number of ether oxygens (including phenoxy) is 1. The smallest absolute Gasteiger partial charge is 0.161 e. The average Bonchev–Trinajstić information content (AvgIpc) is 2.46. The molecular weight excluding hydrogens is 306 g/mol. The molecule has 100 valence electrons. The summed E-state index contributed by atoms with van der Waals surface area (Å²) in [5.41, 5.74) is 0.966. The number of hydrogen-bond acceptors (Lipinski definition) is 4. The third-order valence-corrected chi connectivity index (χ3v) is 3.15. The fraction of sp³-hybridized carbons (Fsp3) is 0.286. The highest BCUT2D eigenvalue weighted by Crippen LogP contribution is 2.24. The van der Waals surface area contributed by atoms with E-state index in [-0.39, 0.29) is 0 Å². The molecule has 0 amide bonds. The van der Waals surface area contributed by atoms with Crippen LogP contribution >= 0.6 is 15.9 Å². The second-order valence-electron chi connectivity index (χ2n) is 4.01. The van der Waals surface area contributed by atoms with Crippen LogP contribution in [0.15, 0.2) is 34.9 Å². The normalized spacial score (nSPS) is 10.3. The Morgan fingerprint density at radius 3 is 2.63 bits per heavy atom. The third-order valence-electron chi connectivity index (χ3n) is 2.57. The van der Waals surface area contributed by atoms with E-state index in [4.69, 9.17) is 4.74 Å². The molecule has 1 aromatic heterocycles. The molecule has 1 aromatic carbocycles. The summed E-state index contributed by atoms with van der Waals surface area (Å²) in [6.07, 6.45) is 2.75. The number of hydrogen-bond donors (Lipinski definition) is 1. The largest absolute Gasteiger partial charge is 0.494 e. The van der Waals surface area contributed by atoms with Gasteiger partial charge < -0.3 is 10.1 Å². The Kier molecular flexibility index (Phi) is 4.74. The van der Waals surface area contributed by atoms with E-state index >= 15 is 0 Å². The number of anilines is 1. The van der Waals surface area contributed by atoms with Gasteiger partial charge in [0.1, 0.15) is 11.6 Å². The van der Waals surface area contributed by atoms with E-state index in [0.29, 0.717) is 5.82 Å². The summed E-state index contributed by atoms with van der Waals surface area (Å²) in [7, 11) is 1.83. The van der Waals surface area contributed by atoms with Crippen LogP contribution in [0.4, 0.5) is 5.82 Å². The van der Waals surface area contributed by atoms with Gasteiger partial charge in [-0.25, -0.2) is 9.97 Å². The van der Waals surface area contributed by atoms with Crippen LogP contribution in [-0.4, -0.2) is 23.6 Å². The lowest BCUT2D eigenvalue weighted by Gasteiger charge is -2.07. The van der Waals surface area contributed by atoms with Gasteiger partial charge in [0.25, 0.3) is 0 Å². The van der Waals surface area contributed by atoms with Gasteiger partial charge in [-0.1, -0.05) is 6.92 Å². The van der Waals surface area contributed by atoms with Crippen molar-refractivity contribution < 1.29 is 4.74 Å². The Morgan fingerprint density at radius 1 is 1.26 bits per heavy atom. The lowest BCUT2D eigenvalue weighted by Crippen LogP contribution is -1.98. The molecule has 0 spiro atoms. The van der Waals surface area contributed by atoms with Crippen molar-refractivity contribution in [2.24, 2.45) is 0 Å². The summed E-state index contributed by atoms with van der Waals surface area (Å²) in [6, 6.07) is 7.81. The van der Waals surface area contributed by atoms with E-state index in [9.17, 15) is 0 Å². The minimum absolute atomic E-state index is 0.689. The molecule has 0 aliphatic rings. The Balaban J connectivity index is 2.22. The van der Waals surface area contributed by atoms with E-state index in [1.165, 1.54) is 0 Å². The van der Waals surface area contributed by atoms with Crippen molar-refractivity contribution in [1.29, 1.82) is 0 Å². The predicted octanol–water partition coefficient (Wildman–Crippen LogP) is 3.74. The number of benzene rings is 1. The second kappa shape index (κ2) is 6.52. The summed E-state index contributed by atoms with van der Waals surface area (Å²) in [4.78, 5) is 8.75. The van der Waals surface area contributed by atoms with Crippen molar-refractivity contribution in [3.63, 3.8) is 0 Å². The topological polar surface area (TPSA) is 47.0 Å². The van der Waals surface area contributed by atoms with Gasteiger partial charge in [0.15, 0.2) is 5.82 Å². The number of halogens is 1. The first-order chi connectivity index (χ1) is 9.24. The molecule has 0 unspecified atom stereocenters. The van der Waals surface area contributed by atoms with Crippen molar-refractivity contribution in [1.82, 2.24) is 9.97 Å². The van der Waals surface area contributed by atoms with Crippen molar-refractivity contribution in [3.8, 4) is 17.1 Å². The molecule has 1 N–H and O–H groups in total. The van der Waals surface area contributed by atoms with Crippen LogP contribution in [0.3, 0.4) is 0 Å². The molecule has 0 saturated heterocycles. The van der Waals surface area contributed by atoms with E-state index in [1.54, 1.807) is 6.20 Å². The number of nitrogens with one attached hydrogen (secondary N) is 1. The van der Waals surface area contributed by atoms with Crippen LogP contribution in [0.25, 0.3) is 11.4 Å². The van der Waals surface area contributed by atoms with Gasteiger partial charge >= 0.3 is 0 Å². The fourth-order valence-electron chi connectivity index (χ4n) is 1.60. The highest BCUT2D eigenvalue weighted by atomic mass is 79.9. The summed E-state index contributed by atoms with van der Waals surface area (Å²) < 4.78 is 6.40. The highest BCUT2D eigenvalue weighted by molar-refractivity contribution is 9.10. The Morgan fingerprint density at radius 2 is 2.00 bits per heavy atom. The minimum atomic E-state index is 0.689. The van der Waals surface area contributed by atoms with E-state index in [2.05, 4.69) is 38.1 Å². The van der Waals surface area contributed by atoms with Gasteiger partial charge in [-0.05, 0) is 46.6 Å². The van der Waals surface area contributed by atoms with Gasteiger partial charge in [-0.2, -0.15) is 0 Å². The van der Waals surface area contributed by atoms with Crippen molar-refractivity contribution in [2.75, 3.05) is 19.0 Å². The van der Waals surface area contributed by atoms with E-state index in [0.717, 1.165) is 34.6 Å². The first-order valence-electron chi connectivity index (χ1n) is 6.18. The number of aromatic nitrogens is 2. The summed E-state index contributed by atoms with van der Waals surface area (Å²) in [5, 5.41) is 3.02. The van der Waals surface area contributed by atoms with Crippen LogP contribution in [0, 0.1) is 0 Å². The molecule has 2 aromatic rings. The molecule has 0 aliphatic carbocycles. The van der Waals surface area contributed by atoms with Gasteiger partial charge in [-0.15, -0.1) is 0 Å². The molecule has 0 aliphatic heterocycles. The van der Waals surface area contributed by atoms with Crippen molar-refractivity contribution >= 4 is 21.7 Å². The molecule has 0 radical (unpaired) electrons. The maximum Gasteiger partial charge on any atom is 0.161 e. The molecule has 1 heterocycles. The zero-order valence-corrected chi connectivity index (χ0v) is 12.6. The molecular formula is C14H16BrN3O. The molecule has 0 saturated carbocycles. The Bertz CT molecular complexity index is 543. The summed E-state index contributed by atoms with van der Waals surface area (Å²) >= 11 is 3.40. The molecule has 0 atom stereocenters. The lowest BCUT2D eigenvalue weighted by molar-refractivity contribution is 0.317. The van der Waals surface area contributed by atoms with Crippen molar-refractivity contribution in [3.05, 3.63) is 34.9 Å². The van der Waals surface area contributed by atoms with Crippen LogP contribution in [0.5, 0.6) is 5.75 Å². The minimum Gasteiger partial charge on any atom is -0.494 e. The molecule has 2 rings (SSSR count). The first-order valence-corrected chi connectivity index (χ1v) is 6.97. The SMILES string of the molecule is CCCOc1ccc(-c2ncc(Br)c(NC)n2)cc1. The van der Waals surface area contributed by atoms with E-state index in [1.807, 2.05) is 31.3 Å². The van der Waals surface area contributed by atoms with Crippen molar-refractivity contribution in [2.45, 2.75) is 13.3 Å². The van der Waals surface area contributed by atoms with Gasteiger partial charge in [0.05, 0.1) is 11.1 Å². The first kappa shape index (κ1) is 13.8. The zero-order chi connectivity index (χ0) is 13.7.